The van der Waals surface area contributed by atoms with Gasteiger partial charge in [0.15, 0.2) is 0 Å². The monoisotopic (exact) mass is 510 g/mol. The average Bonchev–Trinajstić information content (AvgIpc) is 2.66. The molecule has 0 radical (unpaired) electrons. The minimum atomic E-state index is -6.65. The van der Waals surface area contributed by atoms with E-state index in [1.165, 1.54) is 0 Å². The van der Waals surface area contributed by atoms with E-state index in [1.807, 2.05) is 0 Å². The van der Waals surface area contributed by atoms with Gasteiger partial charge in [-0.15, -0.1) is 4.91 Å². The predicted molar refractivity (Wildman–Crippen MR) is 95.9 cm³/mol. The highest BCUT2D eigenvalue weighted by atomic mass is 35.5. The Morgan fingerprint density at radius 2 is 1.48 bits per heavy atom. The van der Waals surface area contributed by atoms with E-state index in [-0.39, 0.29) is 6.07 Å². The van der Waals surface area contributed by atoms with Crippen LogP contribution < -0.4 is 5.32 Å². The molecule has 0 aliphatic carbocycles. The normalized spacial score (nSPS) is 13.1. The highest BCUT2D eigenvalue weighted by Crippen LogP contribution is 2.54. The fourth-order valence-corrected chi connectivity index (χ4v) is 3.06. The number of nitroso groups, excluding NO2 is 1. The summed E-state index contributed by atoms with van der Waals surface area (Å²) < 4.78 is 133. The van der Waals surface area contributed by atoms with Crippen LogP contribution in [0.3, 0.4) is 0 Å². The van der Waals surface area contributed by atoms with Crippen LogP contribution in [0.1, 0.15) is 27.0 Å². The van der Waals surface area contributed by atoms with Crippen LogP contribution in [0.5, 0.6) is 0 Å². The van der Waals surface area contributed by atoms with Crippen molar-refractivity contribution >= 4 is 28.9 Å². The standard InChI is InChI=1S/C18H9ClF10N2O2/c1-7-5-8(15(20,17(24,25)26)18(27,28)29)6-10(16(21,22)23)13(7)30-14(32)9-3-2-4-11(31-33)12(9)19/h2-6H,1H3,(H,30,32). The molecule has 0 aliphatic heterocycles. The molecule has 2 rings (SSSR count). The fourth-order valence-electron chi connectivity index (χ4n) is 2.81. The number of carbonyl (C=O) groups is 1. The molecule has 180 valence electrons. The largest absolute Gasteiger partial charge is 0.435 e. The number of anilines is 1. The van der Waals surface area contributed by atoms with E-state index in [2.05, 4.69) is 5.18 Å². The van der Waals surface area contributed by atoms with E-state index in [1.54, 1.807) is 5.32 Å². The maximum Gasteiger partial charge on any atom is 0.435 e. The first-order valence-electron chi connectivity index (χ1n) is 8.34. The summed E-state index contributed by atoms with van der Waals surface area (Å²) >= 11 is 5.75. The molecule has 0 unspecified atom stereocenters. The van der Waals surface area contributed by atoms with Crippen LogP contribution in [-0.4, -0.2) is 18.3 Å². The zero-order valence-electron chi connectivity index (χ0n) is 15.8. The number of benzene rings is 2. The molecule has 1 amide bonds. The van der Waals surface area contributed by atoms with Crippen molar-refractivity contribution in [2.24, 2.45) is 5.18 Å². The van der Waals surface area contributed by atoms with E-state index < -0.39 is 74.8 Å². The SMILES string of the molecule is Cc1cc(C(F)(C(F)(F)F)C(F)(F)F)cc(C(F)(F)F)c1NC(=O)c1cccc(N=O)c1Cl. The lowest BCUT2D eigenvalue weighted by atomic mass is 9.90. The summed E-state index contributed by atoms with van der Waals surface area (Å²) in [7, 11) is 0. The van der Waals surface area contributed by atoms with Crippen molar-refractivity contribution in [2.75, 3.05) is 5.32 Å². The Bertz CT molecular complexity index is 1080. The number of halogens is 11. The predicted octanol–water partition coefficient (Wildman–Crippen LogP) is 7.61. The van der Waals surface area contributed by atoms with Gasteiger partial charge in [0.1, 0.15) is 5.69 Å². The summed E-state index contributed by atoms with van der Waals surface area (Å²) in [6.45, 7) is 0.631. The van der Waals surface area contributed by atoms with Crippen LogP contribution in [0.25, 0.3) is 0 Å². The van der Waals surface area contributed by atoms with Crippen LogP contribution in [0.15, 0.2) is 35.5 Å². The third-order valence-corrected chi connectivity index (χ3v) is 4.78. The highest BCUT2D eigenvalue weighted by molar-refractivity contribution is 6.36. The number of amides is 1. The fraction of sp³-hybridized carbons (Fsp3) is 0.278. The molecule has 2 aromatic carbocycles. The van der Waals surface area contributed by atoms with Gasteiger partial charge < -0.3 is 5.32 Å². The van der Waals surface area contributed by atoms with Crippen LogP contribution in [-0.2, 0) is 11.8 Å². The molecule has 0 fully saturated rings. The molecule has 0 saturated heterocycles. The lowest BCUT2D eigenvalue weighted by Gasteiger charge is -2.31. The Balaban J connectivity index is 2.72. The molecule has 2 aromatic rings. The van der Waals surface area contributed by atoms with Crippen molar-refractivity contribution in [3.63, 3.8) is 0 Å². The van der Waals surface area contributed by atoms with E-state index in [4.69, 9.17) is 11.6 Å². The first-order valence-corrected chi connectivity index (χ1v) is 8.72. The average molecular weight is 511 g/mol. The molecule has 0 bridgehead atoms. The van der Waals surface area contributed by atoms with E-state index in [0.29, 0.717) is 6.92 Å². The zero-order chi connectivity index (χ0) is 25.6. The molecule has 1 N–H and O–H groups in total. The van der Waals surface area contributed by atoms with Gasteiger partial charge in [0.2, 0.25) is 0 Å². The summed E-state index contributed by atoms with van der Waals surface area (Å²) in [5, 5.41) is 3.58. The smallest absolute Gasteiger partial charge is 0.321 e. The quantitative estimate of drug-likeness (QED) is 0.340. The lowest BCUT2D eigenvalue weighted by Crippen LogP contribution is -2.50. The molecule has 15 heteroatoms. The number of hydrogen-bond donors (Lipinski definition) is 1. The van der Waals surface area contributed by atoms with Gasteiger partial charge in [-0.05, 0) is 35.9 Å². The van der Waals surface area contributed by atoms with Gasteiger partial charge in [-0.3, -0.25) is 4.79 Å². The van der Waals surface area contributed by atoms with Crippen LogP contribution in [0.4, 0.5) is 55.3 Å². The van der Waals surface area contributed by atoms with E-state index in [9.17, 15) is 53.6 Å². The van der Waals surface area contributed by atoms with Crippen molar-refractivity contribution in [1.29, 1.82) is 0 Å². The molecule has 0 aliphatic rings. The third-order valence-electron chi connectivity index (χ3n) is 4.38. The Hall–Kier alpha value is -2.90. The number of carbonyl (C=O) groups excluding carboxylic acids is 1. The molecule has 0 atom stereocenters. The molecule has 0 heterocycles. The molecule has 0 spiro atoms. The van der Waals surface area contributed by atoms with Gasteiger partial charge in [0.25, 0.3) is 5.91 Å². The minimum Gasteiger partial charge on any atom is -0.321 e. The summed E-state index contributed by atoms with van der Waals surface area (Å²) in [5.41, 5.74) is -13.9. The maximum atomic E-state index is 14.3. The second-order valence-corrected chi connectivity index (χ2v) is 6.93. The van der Waals surface area contributed by atoms with Gasteiger partial charge in [-0.25, -0.2) is 4.39 Å². The second kappa shape index (κ2) is 8.47. The number of rotatable bonds is 4. The van der Waals surface area contributed by atoms with Crippen LogP contribution in [0.2, 0.25) is 5.02 Å². The maximum absolute atomic E-state index is 14.3. The zero-order valence-corrected chi connectivity index (χ0v) is 16.6. The van der Waals surface area contributed by atoms with Crippen LogP contribution in [0, 0.1) is 11.8 Å². The van der Waals surface area contributed by atoms with Crippen molar-refractivity contribution in [3.8, 4) is 0 Å². The van der Waals surface area contributed by atoms with Gasteiger partial charge in [-0.2, -0.15) is 39.5 Å². The summed E-state index contributed by atoms with van der Waals surface area (Å²) in [6, 6.07) is 2.30. The topological polar surface area (TPSA) is 58.5 Å². The molecular formula is C18H9ClF10N2O2. The summed E-state index contributed by atoms with van der Waals surface area (Å²) in [4.78, 5) is 23.1. The molecule has 33 heavy (non-hydrogen) atoms. The van der Waals surface area contributed by atoms with Crippen molar-refractivity contribution in [3.05, 3.63) is 62.5 Å². The molecule has 0 saturated carbocycles. The number of hydrogen-bond acceptors (Lipinski definition) is 3. The minimum absolute atomic E-state index is 0.114. The molecule has 4 nitrogen and oxygen atoms in total. The van der Waals surface area contributed by atoms with Crippen molar-refractivity contribution in [1.82, 2.24) is 0 Å². The lowest BCUT2D eigenvalue weighted by molar-refractivity contribution is -0.348. The van der Waals surface area contributed by atoms with Gasteiger partial charge in [0, 0.05) is 5.56 Å². The number of nitrogens with zero attached hydrogens (tertiary/aromatic N) is 1. The second-order valence-electron chi connectivity index (χ2n) is 6.55. The number of nitrogens with one attached hydrogen (secondary N) is 1. The van der Waals surface area contributed by atoms with Gasteiger partial charge >= 0.3 is 24.2 Å². The Morgan fingerprint density at radius 3 is 1.94 bits per heavy atom. The summed E-state index contributed by atoms with van der Waals surface area (Å²) in [5.74, 6) is -1.40. The first-order chi connectivity index (χ1) is 14.9. The Kier molecular flexibility index (Phi) is 6.76. The number of alkyl halides is 10. The third kappa shape index (κ3) is 4.75. The highest BCUT2D eigenvalue weighted by Gasteiger charge is 2.73. The first kappa shape index (κ1) is 26.4. The van der Waals surface area contributed by atoms with E-state index >= 15 is 0 Å². The summed E-state index contributed by atoms with van der Waals surface area (Å²) in [6.07, 6.45) is -18.9. The van der Waals surface area contributed by atoms with Gasteiger partial charge in [-0.1, -0.05) is 23.7 Å². The number of aryl methyl sites for hydroxylation is 1. The van der Waals surface area contributed by atoms with Crippen molar-refractivity contribution < 1.29 is 48.7 Å². The Labute approximate surface area is 182 Å². The van der Waals surface area contributed by atoms with Crippen LogP contribution >= 0.6 is 11.6 Å². The Morgan fingerprint density at radius 1 is 0.939 bits per heavy atom. The molecule has 0 aromatic heterocycles. The molecular weight excluding hydrogens is 502 g/mol. The van der Waals surface area contributed by atoms with Crippen molar-refractivity contribution in [2.45, 2.75) is 31.1 Å². The van der Waals surface area contributed by atoms with Gasteiger partial charge in [0.05, 0.1) is 21.8 Å². The van der Waals surface area contributed by atoms with E-state index in [0.717, 1.165) is 18.2 Å².